The van der Waals surface area contributed by atoms with Gasteiger partial charge in [-0.3, -0.25) is 24.0 Å². The van der Waals surface area contributed by atoms with E-state index in [4.69, 9.17) is 16.6 Å². The van der Waals surface area contributed by atoms with E-state index in [0.29, 0.717) is 0 Å². The zero-order valence-corrected chi connectivity index (χ0v) is 18.8. The normalized spacial score (nSPS) is 14.5. The number of thiol groups is 1. The first-order valence-electron chi connectivity index (χ1n) is 9.78. The molecule has 14 heteroatoms. The van der Waals surface area contributed by atoms with E-state index < -0.39 is 66.2 Å². The van der Waals surface area contributed by atoms with Crippen molar-refractivity contribution in [1.82, 2.24) is 16.0 Å². The van der Waals surface area contributed by atoms with Gasteiger partial charge in [0.2, 0.25) is 23.6 Å². The smallest absolute Gasteiger partial charge is 0.326 e. The monoisotopic (exact) mass is 477 g/mol. The lowest BCUT2D eigenvalue weighted by atomic mass is 10.0. The number of primary amides is 1. The minimum absolute atomic E-state index is 0.0481. The van der Waals surface area contributed by atoms with Crippen molar-refractivity contribution < 1.29 is 39.0 Å². The lowest BCUT2D eigenvalue weighted by Gasteiger charge is -2.25. The number of carboxylic acid groups (broad SMARTS) is 2. The first-order valence-corrected chi connectivity index (χ1v) is 10.4. The van der Waals surface area contributed by atoms with Crippen LogP contribution in [-0.4, -0.2) is 75.7 Å². The maximum absolute atomic E-state index is 12.7. The van der Waals surface area contributed by atoms with Crippen molar-refractivity contribution in [2.75, 3.05) is 5.75 Å². The Morgan fingerprint density at radius 2 is 1.38 bits per heavy atom. The zero-order chi connectivity index (χ0) is 25.0. The van der Waals surface area contributed by atoms with Crippen molar-refractivity contribution in [2.24, 2.45) is 17.4 Å². The van der Waals surface area contributed by atoms with Crippen LogP contribution in [0, 0.1) is 5.92 Å². The van der Waals surface area contributed by atoms with Crippen LogP contribution in [0.3, 0.4) is 0 Å². The molecule has 0 saturated heterocycles. The van der Waals surface area contributed by atoms with Gasteiger partial charge in [0.1, 0.15) is 18.1 Å². The fourth-order valence-electron chi connectivity index (χ4n) is 2.54. The Bertz CT molecular complexity index is 717. The number of aliphatic carboxylic acids is 2. The number of amides is 4. The molecule has 13 nitrogen and oxygen atoms in total. The highest BCUT2D eigenvalue weighted by Gasteiger charge is 2.31. The fourth-order valence-corrected chi connectivity index (χ4v) is 2.70. The first kappa shape index (κ1) is 29.1. The molecule has 32 heavy (non-hydrogen) atoms. The summed E-state index contributed by atoms with van der Waals surface area (Å²) in [6.07, 6.45) is -1.22. The van der Waals surface area contributed by atoms with Crippen molar-refractivity contribution in [3.63, 3.8) is 0 Å². The molecule has 0 bridgehead atoms. The van der Waals surface area contributed by atoms with Crippen LogP contribution in [-0.2, 0) is 28.8 Å². The molecule has 0 fully saturated rings. The molecule has 0 spiro atoms. The Morgan fingerprint density at radius 1 is 0.875 bits per heavy atom. The fraction of sp³-hybridized carbons (Fsp3) is 0.667. The van der Waals surface area contributed by atoms with Crippen LogP contribution in [0.25, 0.3) is 0 Å². The Kier molecular flexibility index (Phi) is 13.0. The summed E-state index contributed by atoms with van der Waals surface area (Å²) >= 11 is 3.86. The minimum atomic E-state index is -1.53. The van der Waals surface area contributed by atoms with Crippen LogP contribution in [0.4, 0.5) is 0 Å². The van der Waals surface area contributed by atoms with Gasteiger partial charge in [-0.15, -0.1) is 0 Å². The molecule has 0 aromatic carbocycles. The predicted octanol–water partition coefficient (Wildman–Crippen LogP) is -2.43. The maximum atomic E-state index is 12.7. The summed E-state index contributed by atoms with van der Waals surface area (Å²) in [6.45, 7) is 3.49. The number of carboxylic acids is 2. The Labute approximate surface area is 190 Å². The van der Waals surface area contributed by atoms with Crippen LogP contribution in [0.2, 0.25) is 0 Å². The van der Waals surface area contributed by atoms with Gasteiger partial charge in [-0.25, -0.2) is 4.79 Å². The molecule has 4 amide bonds. The SMILES string of the molecule is CC(C)CC(NC(=O)C(CC(=O)O)NC(=O)C(N)CS)C(=O)NC(CCC(N)=O)C(=O)O. The van der Waals surface area contributed by atoms with Crippen molar-refractivity contribution in [3.05, 3.63) is 0 Å². The highest BCUT2D eigenvalue weighted by molar-refractivity contribution is 7.80. The van der Waals surface area contributed by atoms with E-state index in [2.05, 4.69) is 28.6 Å². The van der Waals surface area contributed by atoms with E-state index in [0.717, 1.165) is 0 Å². The lowest BCUT2D eigenvalue weighted by Crippen LogP contribution is -2.57. The second-order valence-electron chi connectivity index (χ2n) is 7.54. The molecule has 0 radical (unpaired) electrons. The van der Waals surface area contributed by atoms with Gasteiger partial charge in [0.15, 0.2) is 0 Å². The van der Waals surface area contributed by atoms with Crippen LogP contribution in [0.1, 0.15) is 39.5 Å². The van der Waals surface area contributed by atoms with Crippen LogP contribution in [0.15, 0.2) is 0 Å². The average molecular weight is 478 g/mol. The standard InChI is InChI=1S/C18H31N5O8S/c1-8(2)5-11(16(28)21-10(18(30)31)3-4-13(20)24)23-17(29)12(6-14(25)26)22-15(27)9(19)7-32/h8-12,32H,3-7,19H2,1-2H3,(H2,20,24)(H,21,28)(H,22,27)(H,23,29)(H,25,26)(H,30,31). The van der Waals surface area contributed by atoms with Crippen molar-refractivity contribution in [3.8, 4) is 0 Å². The summed E-state index contributed by atoms with van der Waals surface area (Å²) in [4.78, 5) is 70.7. The summed E-state index contributed by atoms with van der Waals surface area (Å²) in [6, 6.07) is -5.27. The van der Waals surface area contributed by atoms with Crippen molar-refractivity contribution >= 4 is 48.2 Å². The van der Waals surface area contributed by atoms with Gasteiger partial charge in [0.25, 0.3) is 0 Å². The highest BCUT2D eigenvalue weighted by Crippen LogP contribution is 2.08. The summed E-state index contributed by atoms with van der Waals surface area (Å²) in [5, 5.41) is 25.1. The molecule has 9 N–H and O–H groups in total. The van der Waals surface area contributed by atoms with Gasteiger partial charge in [0, 0.05) is 12.2 Å². The van der Waals surface area contributed by atoms with Gasteiger partial charge in [-0.2, -0.15) is 12.6 Å². The van der Waals surface area contributed by atoms with E-state index in [1.54, 1.807) is 13.8 Å². The quantitative estimate of drug-likeness (QED) is 0.117. The lowest BCUT2D eigenvalue weighted by molar-refractivity contribution is -0.143. The molecular weight excluding hydrogens is 446 g/mol. The van der Waals surface area contributed by atoms with Crippen molar-refractivity contribution in [2.45, 2.75) is 63.7 Å². The third-order valence-corrected chi connectivity index (χ3v) is 4.57. The number of carbonyl (C=O) groups excluding carboxylic acids is 4. The molecule has 0 saturated carbocycles. The number of nitrogens with two attached hydrogens (primary N) is 2. The average Bonchev–Trinajstić information content (AvgIpc) is 2.67. The molecule has 0 heterocycles. The molecule has 4 unspecified atom stereocenters. The maximum Gasteiger partial charge on any atom is 0.326 e. The highest BCUT2D eigenvalue weighted by atomic mass is 32.1. The number of carbonyl (C=O) groups is 6. The third-order valence-electron chi connectivity index (χ3n) is 4.18. The van der Waals surface area contributed by atoms with Crippen LogP contribution < -0.4 is 27.4 Å². The van der Waals surface area contributed by atoms with Crippen molar-refractivity contribution in [1.29, 1.82) is 0 Å². The van der Waals surface area contributed by atoms with Gasteiger partial charge in [-0.05, 0) is 18.8 Å². The van der Waals surface area contributed by atoms with E-state index in [1.165, 1.54) is 0 Å². The number of hydrogen-bond donors (Lipinski definition) is 8. The molecule has 0 rings (SSSR count). The van der Waals surface area contributed by atoms with Gasteiger partial charge in [0.05, 0.1) is 12.5 Å². The molecule has 0 aliphatic rings. The molecule has 0 aromatic rings. The number of hydrogen-bond acceptors (Lipinski definition) is 8. The number of nitrogens with one attached hydrogen (secondary N) is 3. The Morgan fingerprint density at radius 3 is 1.81 bits per heavy atom. The van der Waals surface area contributed by atoms with E-state index >= 15 is 0 Å². The molecule has 4 atom stereocenters. The predicted molar refractivity (Wildman–Crippen MR) is 115 cm³/mol. The molecule has 0 aromatic heterocycles. The molecule has 0 aliphatic carbocycles. The van der Waals surface area contributed by atoms with Crippen LogP contribution in [0.5, 0.6) is 0 Å². The van der Waals surface area contributed by atoms with Gasteiger partial charge >= 0.3 is 11.9 Å². The molecule has 0 aliphatic heterocycles. The van der Waals surface area contributed by atoms with Crippen LogP contribution >= 0.6 is 12.6 Å². The second kappa shape index (κ2) is 14.2. The summed E-state index contributed by atoms with van der Waals surface area (Å²) in [7, 11) is 0. The summed E-state index contributed by atoms with van der Waals surface area (Å²) < 4.78 is 0. The summed E-state index contributed by atoms with van der Waals surface area (Å²) in [5.74, 6) is -6.31. The first-order chi connectivity index (χ1) is 14.8. The van der Waals surface area contributed by atoms with E-state index in [1.807, 2.05) is 0 Å². The summed E-state index contributed by atoms with van der Waals surface area (Å²) in [5.41, 5.74) is 10.5. The number of rotatable bonds is 15. The van der Waals surface area contributed by atoms with E-state index in [-0.39, 0.29) is 30.9 Å². The minimum Gasteiger partial charge on any atom is -0.481 e. The van der Waals surface area contributed by atoms with E-state index in [9.17, 15) is 33.9 Å². The van der Waals surface area contributed by atoms with Gasteiger partial charge in [-0.1, -0.05) is 13.8 Å². The molecule has 182 valence electrons. The Hall–Kier alpha value is -2.87. The third kappa shape index (κ3) is 11.5. The molecular formula is C18H31N5O8S. The zero-order valence-electron chi connectivity index (χ0n) is 17.9. The second-order valence-corrected chi connectivity index (χ2v) is 7.91. The van der Waals surface area contributed by atoms with Gasteiger partial charge < -0.3 is 37.6 Å². The Balaban J connectivity index is 5.48. The topological polar surface area (TPSA) is 231 Å². The largest absolute Gasteiger partial charge is 0.481 e.